The van der Waals surface area contributed by atoms with Crippen molar-refractivity contribution in [1.82, 2.24) is 9.38 Å². The number of pyridine rings is 2. The molecule has 0 bridgehead atoms. The zero-order chi connectivity index (χ0) is 16.9. The van der Waals surface area contributed by atoms with Crippen molar-refractivity contribution in [3.8, 4) is 11.3 Å². The predicted octanol–water partition coefficient (Wildman–Crippen LogP) is 3.99. The molecule has 3 aromatic heterocycles. The van der Waals surface area contributed by atoms with E-state index in [2.05, 4.69) is 15.0 Å². The summed E-state index contributed by atoms with van der Waals surface area (Å²) >= 11 is 0. The fourth-order valence-corrected chi connectivity index (χ4v) is 2.60. The molecule has 0 fully saturated rings. The summed E-state index contributed by atoms with van der Waals surface area (Å²) in [6, 6.07) is 9.23. The van der Waals surface area contributed by atoms with Crippen LogP contribution in [0.4, 0.5) is 0 Å². The first-order valence-corrected chi connectivity index (χ1v) is 7.47. The summed E-state index contributed by atoms with van der Waals surface area (Å²) < 4.78 is 7.08. The highest BCUT2D eigenvalue weighted by Crippen LogP contribution is 2.28. The number of rotatable bonds is 5. The quantitative estimate of drug-likeness (QED) is 0.308. The number of carbonyl (C=O) groups is 1. The number of aromatic nitrogens is 2. The van der Waals surface area contributed by atoms with Crippen molar-refractivity contribution in [2.45, 2.75) is 13.5 Å². The summed E-state index contributed by atoms with van der Waals surface area (Å²) in [5, 5.41) is 3.57. The van der Waals surface area contributed by atoms with Crippen LogP contribution in [0.5, 0.6) is 0 Å². The van der Waals surface area contributed by atoms with Crippen LogP contribution in [0.2, 0.25) is 0 Å². The Kier molecular flexibility index (Phi) is 4.45. The summed E-state index contributed by atoms with van der Waals surface area (Å²) in [5.74, 6) is -0.378. The lowest BCUT2D eigenvalue weighted by Crippen LogP contribution is -2.05. The zero-order valence-electron chi connectivity index (χ0n) is 13.1. The third-order valence-corrected chi connectivity index (χ3v) is 3.58. The van der Waals surface area contributed by atoms with Crippen molar-refractivity contribution in [3.05, 3.63) is 70.5 Å². The summed E-state index contributed by atoms with van der Waals surface area (Å²) in [5.41, 5.74) is 12.2. The van der Waals surface area contributed by atoms with Crippen LogP contribution in [-0.4, -0.2) is 22.0 Å². The molecule has 0 saturated heterocycles. The number of esters is 1. The summed E-state index contributed by atoms with van der Waals surface area (Å²) in [7, 11) is 0. The van der Waals surface area contributed by atoms with Gasteiger partial charge in [-0.05, 0) is 48.4 Å². The minimum atomic E-state index is -0.378. The van der Waals surface area contributed by atoms with Gasteiger partial charge in [0.15, 0.2) is 0 Å². The Morgan fingerprint density at radius 1 is 1.42 bits per heavy atom. The van der Waals surface area contributed by atoms with Gasteiger partial charge >= 0.3 is 5.97 Å². The molecule has 0 aliphatic rings. The lowest BCUT2D eigenvalue weighted by Gasteiger charge is -2.07. The van der Waals surface area contributed by atoms with Crippen LogP contribution < -0.4 is 0 Å². The normalized spacial score (nSPS) is 10.4. The molecule has 7 heteroatoms. The highest BCUT2D eigenvalue weighted by atomic mass is 16.5. The maximum absolute atomic E-state index is 12.3. The van der Waals surface area contributed by atoms with Crippen LogP contribution in [0.25, 0.3) is 27.2 Å². The molecule has 0 saturated carbocycles. The van der Waals surface area contributed by atoms with E-state index in [1.165, 1.54) is 0 Å². The molecule has 0 N–H and O–H groups in total. The summed E-state index contributed by atoms with van der Waals surface area (Å²) in [6.07, 6.45) is 5.24. The van der Waals surface area contributed by atoms with Crippen LogP contribution in [0.1, 0.15) is 22.8 Å². The maximum Gasteiger partial charge on any atom is 0.340 e. The topological polar surface area (TPSA) is 92.4 Å². The molecule has 0 aromatic carbocycles. The Morgan fingerprint density at radius 2 is 2.29 bits per heavy atom. The molecule has 0 aliphatic carbocycles. The van der Waals surface area contributed by atoms with Gasteiger partial charge in [-0.25, -0.2) is 4.79 Å². The predicted molar refractivity (Wildman–Crippen MR) is 89.4 cm³/mol. The Balaban J connectivity index is 2.19. The summed E-state index contributed by atoms with van der Waals surface area (Å²) in [6.45, 7) is 2.34. The molecule has 0 amide bonds. The molecule has 0 aliphatic heterocycles. The first-order valence-electron chi connectivity index (χ1n) is 7.47. The molecular formula is C17H15N5O2. The summed E-state index contributed by atoms with van der Waals surface area (Å²) in [4.78, 5) is 19.2. The van der Waals surface area contributed by atoms with Crippen molar-refractivity contribution >= 4 is 11.5 Å². The van der Waals surface area contributed by atoms with Gasteiger partial charge in [0.2, 0.25) is 0 Å². The molecule has 120 valence electrons. The lowest BCUT2D eigenvalue weighted by atomic mass is 10.1. The van der Waals surface area contributed by atoms with E-state index in [0.717, 1.165) is 22.3 Å². The molecule has 0 unspecified atom stereocenters. The Morgan fingerprint density at radius 3 is 3.00 bits per heavy atom. The maximum atomic E-state index is 12.3. The molecule has 3 aromatic rings. The fourth-order valence-electron chi connectivity index (χ4n) is 2.60. The number of carbonyl (C=O) groups excluding carboxylic acids is 1. The third-order valence-electron chi connectivity index (χ3n) is 3.58. The fraction of sp³-hybridized carbons (Fsp3) is 0.176. The van der Waals surface area contributed by atoms with E-state index in [1.54, 1.807) is 25.4 Å². The molecular weight excluding hydrogens is 306 g/mol. The number of fused-ring (bicyclic) bond motifs is 1. The Hall–Kier alpha value is -3.31. The molecule has 3 heterocycles. The highest BCUT2D eigenvalue weighted by molar-refractivity contribution is 5.99. The average Bonchev–Trinajstić information content (AvgIpc) is 2.99. The van der Waals surface area contributed by atoms with Gasteiger partial charge in [0.1, 0.15) is 0 Å². The van der Waals surface area contributed by atoms with Gasteiger partial charge in [0.05, 0.1) is 24.4 Å². The second kappa shape index (κ2) is 6.85. The number of nitrogens with zero attached hydrogens (tertiary/aromatic N) is 5. The van der Waals surface area contributed by atoms with E-state index in [4.69, 9.17) is 10.3 Å². The van der Waals surface area contributed by atoms with E-state index in [-0.39, 0.29) is 12.5 Å². The van der Waals surface area contributed by atoms with E-state index >= 15 is 0 Å². The van der Waals surface area contributed by atoms with Crippen LogP contribution in [-0.2, 0) is 11.3 Å². The molecule has 3 rings (SSSR count). The number of azide groups is 1. The van der Waals surface area contributed by atoms with Gasteiger partial charge < -0.3 is 9.14 Å². The molecule has 0 radical (unpaired) electrons. The van der Waals surface area contributed by atoms with Crippen LogP contribution in [0, 0.1) is 0 Å². The largest absolute Gasteiger partial charge is 0.462 e. The number of ether oxygens (including phenoxy) is 1. The lowest BCUT2D eigenvalue weighted by molar-refractivity contribution is 0.0527. The second-order valence-electron chi connectivity index (χ2n) is 5.09. The SMILES string of the molecule is CCOC(=O)c1cc2cc(CN=[N+]=[N-])ccn2c1-c1cccnc1. The highest BCUT2D eigenvalue weighted by Gasteiger charge is 2.19. The van der Waals surface area contributed by atoms with Gasteiger partial charge in [0, 0.05) is 34.6 Å². The number of hydrogen-bond acceptors (Lipinski definition) is 4. The van der Waals surface area contributed by atoms with Crippen LogP contribution in [0.15, 0.2) is 54.0 Å². The van der Waals surface area contributed by atoms with Gasteiger partial charge in [-0.1, -0.05) is 5.11 Å². The minimum Gasteiger partial charge on any atom is -0.462 e. The van der Waals surface area contributed by atoms with E-state index in [9.17, 15) is 4.79 Å². The van der Waals surface area contributed by atoms with Crippen LogP contribution in [0.3, 0.4) is 0 Å². The van der Waals surface area contributed by atoms with E-state index < -0.39 is 0 Å². The monoisotopic (exact) mass is 321 g/mol. The van der Waals surface area contributed by atoms with Crippen LogP contribution >= 0.6 is 0 Å². The Bertz CT molecular complexity index is 927. The minimum absolute atomic E-state index is 0.259. The molecule has 0 atom stereocenters. The number of hydrogen-bond donors (Lipinski definition) is 0. The second-order valence-corrected chi connectivity index (χ2v) is 5.09. The van der Waals surface area contributed by atoms with Gasteiger partial charge in [-0.2, -0.15) is 0 Å². The zero-order valence-corrected chi connectivity index (χ0v) is 13.1. The van der Waals surface area contributed by atoms with Gasteiger partial charge in [0.25, 0.3) is 0 Å². The molecule has 7 nitrogen and oxygen atoms in total. The van der Waals surface area contributed by atoms with E-state index in [1.807, 2.05) is 34.9 Å². The Labute approximate surface area is 138 Å². The first-order chi connectivity index (χ1) is 11.7. The van der Waals surface area contributed by atoms with E-state index in [0.29, 0.717) is 12.2 Å². The van der Waals surface area contributed by atoms with Gasteiger partial charge in [-0.3, -0.25) is 4.98 Å². The van der Waals surface area contributed by atoms with Crippen molar-refractivity contribution in [1.29, 1.82) is 0 Å². The standard InChI is InChI=1S/C17H15N5O2/c1-2-24-17(23)15-9-14-8-12(10-20-21-18)5-7-22(14)16(15)13-4-3-6-19-11-13/h3-9,11H,2,10H2,1H3. The van der Waals surface area contributed by atoms with Crippen molar-refractivity contribution in [2.24, 2.45) is 5.11 Å². The third kappa shape index (κ3) is 2.93. The van der Waals surface area contributed by atoms with Gasteiger partial charge in [-0.15, -0.1) is 0 Å². The molecule has 0 spiro atoms. The van der Waals surface area contributed by atoms with Crippen molar-refractivity contribution in [2.75, 3.05) is 6.61 Å². The average molecular weight is 321 g/mol. The smallest absolute Gasteiger partial charge is 0.340 e. The molecule has 24 heavy (non-hydrogen) atoms. The first kappa shape index (κ1) is 15.6. The van der Waals surface area contributed by atoms with Crippen molar-refractivity contribution < 1.29 is 9.53 Å². The van der Waals surface area contributed by atoms with Crippen molar-refractivity contribution in [3.63, 3.8) is 0 Å².